The molecule has 0 aromatic rings. The van der Waals surface area contributed by atoms with Gasteiger partial charge in [-0.15, -0.1) is 0 Å². The number of amides is 1. The van der Waals surface area contributed by atoms with E-state index in [0.29, 0.717) is 11.8 Å². The molecule has 2 heterocycles. The quantitative estimate of drug-likeness (QED) is 0.710. The maximum absolute atomic E-state index is 11.4. The van der Waals surface area contributed by atoms with Crippen LogP contribution in [0.3, 0.4) is 0 Å². The molecule has 2 aliphatic heterocycles. The SMILES string of the molecule is CC1NCC(=O)N1CC1CCCS1. The minimum absolute atomic E-state index is 0.244. The Labute approximate surface area is 83.2 Å². The second-order valence-electron chi connectivity index (χ2n) is 3.74. The average Bonchev–Trinajstić information content (AvgIpc) is 2.70. The van der Waals surface area contributed by atoms with E-state index in [1.165, 1.54) is 18.6 Å². The van der Waals surface area contributed by atoms with Crippen molar-refractivity contribution in [1.29, 1.82) is 0 Å². The minimum Gasteiger partial charge on any atom is -0.325 e. The number of hydrogen-bond acceptors (Lipinski definition) is 3. The molecule has 2 fully saturated rings. The van der Waals surface area contributed by atoms with Crippen molar-refractivity contribution in [1.82, 2.24) is 10.2 Å². The average molecular weight is 200 g/mol. The van der Waals surface area contributed by atoms with Gasteiger partial charge in [0.05, 0.1) is 12.7 Å². The van der Waals surface area contributed by atoms with Gasteiger partial charge in [-0.25, -0.2) is 0 Å². The first-order valence-electron chi connectivity index (χ1n) is 4.92. The van der Waals surface area contributed by atoms with E-state index in [9.17, 15) is 4.79 Å². The van der Waals surface area contributed by atoms with E-state index < -0.39 is 0 Å². The number of thioether (sulfide) groups is 1. The molecule has 74 valence electrons. The van der Waals surface area contributed by atoms with Gasteiger partial charge in [-0.3, -0.25) is 10.1 Å². The molecule has 2 rings (SSSR count). The summed E-state index contributed by atoms with van der Waals surface area (Å²) in [5.41, 5.74) is 0. The highest BCUT2D eigenvalue weighted by atomic mass is 32.2. The standard InChI is InChI=1S/C9H16N2OS/c1-7-10-5-9(12)11(7)6-8-3-2-4-13-8/h7-8,10H,2-6H2,1H3. The van der Waals surface area contributed by atoms with E-state index in [2.05, 4.69) is 12.2 Å². The van der Waals surface area contributed by atoms with Crippen molar-refractivity contribution in [3.05, 3.63) is 0 Å². The molecule has 0 saturated carbocycles. The van der Waals surface area contributed by atoms with Gasteiger partial charge in [0.2, 0.25) is 5.91 Å². The predicted octanol–water partition coefficient (Wildman–Crippen LogP) is 0.660. The van der Waals surface area contributed by atoms with Crippen molar-refractivity contribution in [2.45, 2.75) is 31.2 Å². The molecule has 0 aromatic carbocycles. The second kappa shape index (κ2) is 3.88. The molecule has 0 radical (unpaired) electrons. The lowest BCUT2D eigenvalue weighted by molar-refractivity contribution is -0.127. The van der Waals surface area contributed by atoms with Crippen LogP contribution in [0.5, 0.6) is 0 Å². The van der Waals surface area contributed by atoms with Gasteiger partial charge in [-0.1, -0.05) is 0 Å². The van der Waals surface area contributed by atoms with E-state index in [-0.39, 0.29) is 12.1 Å². The normalized spacial score (nSPS) is 34.5. The van der Waals surface area contributed by atoms with E-state index in [1.54, 1.807) is 0 Å². The third-order valence-corrected chi connectivity index (χ3v) is 4.14. The van der Waals surface area contributed by atoms with Crippen molar-refractivity contribution in [2.75, 3.05) is 18.8 Å². The van der Waals surface area contributed by atoms with Crippen molar-refractivity contribution in [3.8, 4) is 0 Å². The van der Waals surface area contributed by atoms with Crippen LogP contribution in [0.15, 0.2) is 0 Å². The molecule has 2 atom stereocenters. The Morgan fingerprint density at radius 2 is 2.54 bits per heavy atom. The number of carbonyl (C=O) groups excluding carboxylic acids is 1. The third kappa shape index (κ3) is 1.99. The zero-order valence-corrected chi connectivity index (χ0v) is 8.77. The number of nitrogens with zero attached hydrogens (tertiary/aromatic N) is 1. The first kappa shape index (κ1) is 9.34. The zero-order chi connectivity index (χ0) is 9.26. The molecule has 1 amide bonds. The van der Waals surface area contributed by atoms with Crippen molar-refractivity contribution in [3.63, 3.8) is 0 Å². The van der Waals surface area contributed by atoms with Crippen LogP contribution >= 0.6 is 11.8 Å². The molecule has 0 aliphatic carbocycles. The van der Waals surface area contributed by atoms with Gasteiger partial charge >= 0.3 is 0 Å². The molecule has 1 N–H and O–H groups in total. The van der Waals surface area contributed by atoms with Gasteiger partial charge < -0.3 is 4.90 Å². The first-order valence-corrected chi connectivity index (χ1v) is 5.96. The molecule has 2 unspecified atom stereocenters. The van der Waals surface area contributed by atoms with Crippen LogP contribution in [0.2, 0.25) is 0 Å². The number of hydrogen-bond donors (Lipinski definition) is 1. The van der Waals surface area contributed by atoms with E-state index in [0.717, 1.165) is 6.54 Å². The minimum atomic E-state index is 0.244. The summed E-state index contributed by atoms with van der Waals surface area (Å²) in [6, 6.07) is 0. The molecule has 3 nitrogen and oxygen atoms in total. The smallest absolute Gasteiger partial charge is 0.237 e. The molecule has 13 heavy (non-hydrogen) atoms. The summed E-state index contributed by atoms with van der Waals surface area (Å²) < 4.78 is 0. The summed E-state index contributed by atoms with van der Waals surface area (Å²) in [5.74, 6) is 1.54. The highest BCUT2D eigenvalue weighted by molar-refractivity contribution is 8.00. The summed E-state index contributed by atoms with van der Waals surface area (Å²) in [4.78, 5) is 13.4. The summed E-state index contributed by atoms with van der Waals surface area (Å²) in [7, 11) is 0. The van der Waals surface area contributed by atoms with Crippen molar-refractivity contribution >= 4 is 17.7 Å². The molecule has 0 aromatic heterocycles. The Bertz CT molecular complexity index is 204. The molecular weight excluding hydrogens is 184 g/mol. The molecular formula is C9H16N2OS. The van der Waals surface area contributed by atoms with Crippen LogP contribution in [0.1, 0.15) is 19.8 Å². The summed E-state index contributed by atoms with van der Waals surface area (Å²) in [5, 5.41) is 3.85. The Morgan fingerprint density at radius 3 is 3.08 bits per heavy atom. The summed E-state index contributed by atoms with van der Waals surface area (Å²) >= 11 is 2.01. The molecule has 0 spiro atoms. The maximum Gasteiger partial charge on any atom is 0.237 e. The Kier molecular flexibility index (Phi) is 2.79. The lowest BCUT2D eigenvalue weighted by Crippen LogP contribution is -2.38. The molecule has 2 aliphatic rings. The monoisotopic (exact) mass is 200 g/mol. The molecule has 4 heteroatoms. The fraction of sp³-hybridized carbons (Fsp3) is 0.889. The number of nitrogens with one attached hydrogen (secondary N) is 1. The zero-order valence-electron chi connectivity index (χ0n) is 7.95. The number of rotatable bonds is 2. The van der Waals surface area contributed by atoms with Crippen LogP contribution in [0.25, 0.3) is 0 Å². The van der Waals surface area contributed by atoms with Crippen LogP contribution in [-0.2, 0) is 4.79 Å². The van der Waals surface area contributed by atoms with Crippen molar-refractivity contribution in [2.24, 2.45) is 0 Å². The lowest BCUT2D eigenvalue weighted by Gasteiger charge is -2.23. The first-order chi connectivity index (χ1) is 6.27. The van der Waals surface area contributed by atoms with E-state index in [1.807, 2.05) is 16.7 Å². The van der Waals surface area contributed by atoms with Gasteiger partial charge in [0.25, 0.3) is 0 Å². The lowest BCUT2D eigenvalue weighted by atomic mass is 10.2. The Hall–Kier alpha value is -0.220. The molecule has 2 saturated heterocycles. The van der Waals surface area contributed by atoms with E-state index in [4.69, 9.17) is 0 Å². The number of carbonyl (C=O) groups is 1. The fourth-order valence-corrected chi connectivity index (χ4v) is 3.20. The topological polar surface area (TPSA) is 32.3 Å². The summed E-state index contributed by atoms with van der Waals surface area (Å²) in [6.45, 7) is 3.53. The predicted molar refractivity (Wildman–Crippen MR) is 54.7 cm³/mol. The van der Waals surface area contributed by atoms with Crippen LogP contribution in [0, 0.1) is 0 Å². The Morgan fingerprint density at radius 1 is 1.69 bits per heavy atom. The van der Waals surface area contributed by atoms with Crippen LogP contribution in [0.4, 0.5) is 0 Å². The van der Waals surface area contributed by atoms with Crippen LogP contribution in [-0.4, -0.2) is 41.1 Å². The second-order valence-corrected chi connectivity index (χ2v) is 5.15. The van der Waals surface area contributed by atoms with Gasteiger partial charge in [0.15, 0.2) is 0 Å². The largest absolute Gasteiger partial charge is 0.325 e. The van der Waals surface area contributed by atoms with Gasteiger partial charge in [-0.05, 0) is 25.5 Å². The highest BCUT2D eigenvalue weighted by Gasteiger charge is 2.29. The summed E-state index contributed by atoms with van der Waals surface area (Å²) in [6.07, 6.45) is 2.84. The maximum atomic E-state index is 11.4. The van der Waals surface area contributed by atoms with Gasteiger partial charge in [-0.2, -0.15) is 11.8 Å². The molecule has 0 bridgehead atoms. The van der Waals surface area contributed by atoms with Gasteiger partial charge in [0.1, 0.15) is 0 Å². The van der Waals surface area contributed by atoms with Crippen molar-refractivity contribution < 1.29 is 4.79 Å². The third-order valence-electron chi connectivity index (χ3n) is 2.76. The fourth-order valence-electron chi connectivity index (χ4n) is 1.93. The van der Waals surface area contributed by atoms with Gasteiger partial charge in [0, 0.05) is 11.8 Å². The highest BCUT2D eigenvalue weighted by Crippen LogP contribution is 2.27. The van der Waals surface area contributed by atoms with E-state index >= 15 is 0 Å². The van der Waals surface area contributed by atoms with Crippen LogP contribution < -0.4 is 5.32 Å². The Balaban J connectivity index is 1.88.